The first-order valence-electron chi connectivity index (χ1n) is 24.8. The number of imidazole rings is 1. The van der Waals surface area contributed by atoms with Crippen molar-refractivity contribution in [3.63, 3.8) is 0 Å². The Kier molecular flexibility index (Phi) is 11.6. The SMILES string of the molecule is CCCCCC(C)c1cccc(C(C)C)c1-n1c2[n+](c3ccccc31)C(C)(CC)C(CC)(CCC[n+]1ccc3ccccc3c1-c1c(C)ccc3c1sc1ccccc13)c1ccccc1-2. The van der Waals surface area contributed by atoms with Crippen molar-refractivity contribution in [3.8, 4) is 28.3 Å². The van der Waals surface area contributed by atoms with Crippen LogP contribution in [0, 0.1) is 6.92 Å². The molecule has 0 fully saturated rings. The van der Waals surface area contributed by atoms with Crippen molar-refractivity contribution >= 4 is 53.3 Å². The van der Waals surface area contributed by atoms with Crippen molar-refractivity contribution in [3.05, 3.63) is 162 Å². The van der Waals surface area contributed by atoms with E-state index in [1.165, 1.54) is 118 Å². The zero-order valence-electron chi connectivity index (χ0n) is 40.0. The average molecular weight is 874 g/mol. The van der Waals surface area contributed by atoms with Gasteiger partial charge in [0.05, 0.1) is 16.5 Å². The third kappa shape index (κ3) is 6.80. The number of nitrogens with zero attached hydrogens (tertiary/aromatic N) is 3. The van der Waals surface area contributed by atoms with Crippen molar-refractivity contribution in [1.82, 2.24) is 4.57 Å². The Hall–Kier alpha value is -5.58. The van der Waals surface area contributed by atoms with Crippen LogP contribution in [-0.2, 0) is 17.5 Å². The Balaban J connectivity index is 1.14. The molecular formula is C61H67N3S+2. The summed E-state index contributed by atoms with van der Waals surface area (Å²) in [6.07, 6.45) is 11.6. The number of pyridine rings is 1. The summed E-state index contributed by atoms with van der Waals surface area (Å²) < 4.78 is 10.9. The second-order valence-electron chi connectivity index (χ2n) is 19.7. The Morgan fingerprint density at radius 1 is 0.677 bits per heavy atom. The molecule has 0 saturated carbocycles. The summed E-state index contributed by atoms with van der Waals surface area (Å²) in [5, 5.41) is 5.32. The highest BCUT2D eigenvalue weighted by molar-refractivity contribution is 7.26. The highest BCUT2D eigenvalue weighted by atomic mass is 32.1. The lowest BCUT2D eigenvalue weighted by Gasteiger charge is -2.50. The predicted molar refractivity (Wildman–Crippen MR) is 278 cm³/mol. The lowest BCUT2D eigenvalue weighted by molar-refractivity contribution is -0.744. The van der Waals surface area contributed by atoms with E-state index in [4.69, 9.17) is 0 Å². The Morgan fingerprint density at radius 2 is 1.42 bits per heavy atom. The van der Waals surface area contributed by atoms with Gasteiger partial charge in [-0.2, -0.15) is 9.13 Å². The number of thiophene rings is 1. The Bertz CT molecular complexity index is 3220. The number of rotatable bonds is 14. The number of hydrogen-bond acceptors (Lipinski definition) is 1. The monoisotopic (exact) mass is 874 g/mol. The average Bonchev–Trinajstić information content (AvgIpc) is 3.89. The maximum absolute atomic E-state index is 2.83. The van der Waals surface area contributed by atoms with Crippen LogP contribution in [0.2, 0.25) is 0 Å². The molecular weight excluding hydrogens is 807 g/mol. The van der Waals surface area contributed by atoms with Gasteiger partial charge in [0.15, 0.2) is 17.2 Å². The van der Waals surface area contributed by atoms with Crippen LogP contribution in [0.5, 0.6) is 0 Å². The van der Waals surface area contributed by atoms with E-state index < -0.39 is 0 Å². The number of hydrogen-bond donors (Lipinski definition) is 0. The van der Waals surface area contributed by atoms with Crippen LogP contribution in [0.1, 0.15) is 134 Å². The molecule has 3 atom stereocenters. The van der Waals surface area contributed by atoms with Crippen LogP contribution >= 0.6 is 11.3 Å². The van der Waals surface area contributed by atoms with E-state index in [9.17, 15) is 0 Å². The van der Waals surface area contributed by atoms with Crippen molar-refractivity contribution in [2.24, 2.45) is 0 Å². The van der Waals surface area contributed by atoms with E-state index in [0.717, 1.165) is 32.2 Å². The van der Waals surface area contributed by atoms with Crippen LogP contribution < -0.4 is 9.13 Å². The van der Waals surface area contributed by atoms with Gasteiger partial charge in [-0.3, -0.25) is 0 Å². The van der Waals surface area contributed by atoms with Crippen molar-refractivity contribution < 1.29 is 9.13 Å². The van der Waals surface area contributed by atoms with Crippen LogP contribution in [0.25, 0.3) is 70.3 Å². The number of aryl methyl sites for hydroxylation is 2. The molecule has 0 saturated heterocycles. The second kappa shape index (κ2) is 17.3. The fraction of sp³-hybridized carbons (Fsp3) is 0.344. The Labute approximate surface area is 391 Å². The quantitative estimate of drug-likeness (QED) is 0.0763. The predicted octanol–water partition coefficient (Wildman–Crippen LogP) is 16.4. The fourth-order valence-electron chi connectivity index (χ4n) is 12.4. The molecule has 3 aromatic heterocycles. The highest BCUT2D eigenvalue weighted by Gasteiger charge is 2.58. The first-order chi connectivity index (χ1) is 31.7. The van der Waals surface area contributed by atoms with Gasteiger partial charge < -0.3 is 0 Å². The maximum Gasteiger partial charge on any atom is 0.295 e. The van der Waals surface area contributed by atoms with E-state index >= 15 is 0 Å². The number of unbranched alkanes of at least 4 members (excludes halogenated alkanes) is 2. The number of para-hydroxylation sites is 3. The molecule has 1 aliphatic heterocycles. The van der Waals surface area contributed by atoms with E-state index in [0.29, 0.717) is 11.8 Å². The van der Waals surface area contributed by atoms with Gasteiger partial charge in [0.2, 0.25) is 5.69 Å². The molecule has 330 valence electrons. The van der Waals surface area contributed by atoms with Gasteiger partial charge in [0.1, 0.15) is 17.8 Å². The third-order valence-corrected chi connectivity index (χ3v) is 17.1. The summed E-state index contributed by atoms with van der Waals surface area (Å²) in [5.41, 5.74) is 13.6. The highest BCUT2D eigenvalue weighted by Crippen LogP contribution is 2.54. The minimum atomic E-state index is -0.202. The molecule has 6 aromatic carbocycles. The first kappa shape index (κ1) is 43.3. The van der Waals surface area contributed by atoms with Gasteiger partial charge >= 0.3 is 0 Å². The van der Waals surface area contributed by atoms with Gasteiger partial charge in [-0.1, -0.05) is 158 Å². The summed E-state index contributed by atoms with van der Waals surface area (Å²) in [6, 6.07) is 51.0. The summed E-state index contributed by atoms with van der Waals surface area (Å²) in [5.74, 6) is 2.17. The van der Waals surface area contributed by atoms with E-state index in [1.54, 1.807) is 0 Å². The Morgan fingerprint density at radius 3 is 2.22 bits per heavy atom. The zero-order chi connectivity index (χ0) is 45.0. The second-order valence-corrected chi connectivity index (χ2v) is 20.8. The smallest absolute Gasteiger partial charge is 0.216 e. The standard InChI is InChI=1S/C61H67N3S/c1-9-12-13-24-42(6)46-30-22-29-45(41(4)5)56(46)63-52-32-19-20-33-53(52)64-59(63)50-28-16-18-31-51(50)61(11-3,60(64,8)10-2)38-23-39-62-40-37-44-25-14-15-26-47(44)57(62)55-43(7)35-36-49-48-27-17-21-34-54(48)65-58(49)55/h14-22,25-37,40-42H,9-13,23-24,38-39H2,1-8H3/q+2. The van der Waals surface area contributed by atoms with Gasteiger partial charge in [-0.25, -0.2) is 4.57 Å². The molecule has 0 aliphatic carbocycles. The molecule has 1 aliphatic rings. The van der Waals surface area contributed by atoms with Crippen LogP contribution in [0.3, 0.4) is 0 Å². The zero-order valence-corrected chi connectivity index (χ0v) is 40.9. The molecule has 65 heavy (non-hydrogen) atoms. The molecule has 0 amide bonds. The molecule has 4 heteroatoms. The molecule has 4 heterocycles. The van der Waals surface area contributed by atoms with Gasteiger partial charge in [-0.05, 0) is 98.2 Å². The third-order valence-electron chi connectivity index (χ3n) is 15.9. The van der Waals surface area contributed by atoms with E-state index in [-0.39, 0.29) is 11.0 Å². The molecule has 0 spiro atoms. The van der Waals surface area contributed by atoms with Crippen molar-refractivity contribution in [2.45, 2.75) is 136 Å². The van der Waals surface area contributed by atoms with Gasteiger partial charge in [0, 0.05) is 49.2 Å². The van der Waals surface area contributed by atoms with E-state index in [1.807, 2.05) is 11.3 Å². The molecule has 3 nitrogen and oxygen atoms in total. The topological polar surface area (TPSA) is 12.7 Å². The van der Waals surface area contributed by atoms with Gasteiger partial charge in [0.25, 0.3) is 5.82 Å². The van der Waals surface area contributed by atoms with Gasteiger partial charge in [-0.15, -0.1) is 11.3 Å². The molecule has 0 radical (unpaired) electrons. The molecule has 3 unspecified atom stereocenters. The molecule has 0 N–H and O–H groups in total. The minimum absolute atomic E-state index is 0.113. The maximum atomic E-state index is 2.83. The van der Waals surface area contributed by atoms with Crippen LogP contribution in [-0.4, -0.2) is 4.57 Å². The molecule has 10 rings (SSSR count). The normalized spacial score (nSPS) is 17.7. The van der Waals surface area contributed by atoms with Crippen molar-refractivity contribution in [1.29, 1.82) is 0 Å². The lowest BCUT2D eigenvalue weighted by atomic mass is 9.58. The fourth-order valence-corrected chi connectivity index (χ4v) is 13.7. The molecule has 9 aromatic rings. The molecule has 0 bridgehead atoms. The minimum Gasteiger partial charge on any atom is -0.216 e. The number of aromatic nitrogens is 3. The number of fused-ring (bicyclic) bond motifs is 9. The summed E-state index contributed by atoms with van der Waals surface area (Å²) in [7, 11) is 0. The summed E-state index contributed by atoms with van der Waals surface area (Å²) >= 11 is 1.94. The van der Waals surface area contributed by atoms with E-state index in [2.05, 4.69) is 209 Å². The lowest BCUT2D eigenvalue weighted by Crippen LogP contribution is -2.68. The number of benzene rings is 6. The van der Waals surface area contributed by atoms with Crippen LogP contribution in [0.15, 0.2) is 140 Å². The summed E-state index contributed by atoms with van der Waals surface area (Å²) in [4.78, 5) is 0. The van der Waals surface area contributed by atoms with Crippen molar-refractivity contribution in [2.75, 3.05) is 0 Å². The first-order valence-corrected chi connectivity index (χ1v) is 25.6. The largest absolute Gasteiger partial charge is 0.295 e. The van der Waals surface area contributed by atoms with Crippen LogP contribution in [0.4, 0.5) is 0 Å². The summed E-state index contributed by atoms with van der Waals surface area (Å²) in [6.45, 7) is 20.3.